The number of phenolic OH excluding ortho intramolecular Hbond substituents is 1. The highest BCUT2D eigenvalue weighted by Gasteiger charge is 2.34. The van der Waals surface area contributed by atoms with Crippen LogP contribution in [0.1, 0.15) is 46.0 Å². The van der Waals surface area contributed by atoms with Crippen LogP contribution in [0.2, 0.25) is 5.02 Å². The molecular formula is C32H39ClF2N6O2. The molecule has 2 aliphatic heterocycles. The fourth-order valence-electron chi connectivity index (χ4n) is 6.06. The molecule has 43 heavy (non-hydrogen) atoms. The zero-order valence-corrected chi connectivity index (χ0v) is 25.6. The van der Waals surface area contributed by atoms with Crippen molar-refractivity contribution in [3.05, 3.63) is 47.4 Å². The Morgan fingerprint density at radius 2 is 2.07 bits per heavy atom. The van der Waals surface area contributed by atoms with Crippen LogP contribution < -0.4 is 15.4 Å². The monoisotopic (exact) mass is 612 g/mol. The highest BCUT2D eigenvalue weighted by atomic mass is 35.5. The zero-order valence-electron chi connectivity index (χ0n) is 24.8. The molecule has 0 amide bonds. The SMILES string of the molecule is CCCC(C)NCCNc1nc(OC)nc2c(F)c(-c3cc(O)cc4cccc(Cl)c34)ncc12.FC1CC2CCCN2C1. The normalized spacial score (nSPS) is 18.8. The molecule has 2 fully saturated rings. The van der Waals surface area contributed by atoms with Gasteiger partial charge in [-0.3, -0.25) is 9.88 Å². The summed E-state index contributed by atoms with van der Waals surface area (Å²) in [5.74, 6) is -0.232. The minimum absolute atomic E-state index is 0.0153. The second-order valence-corrected chi connectivity index (χ2v) is 11.7. The molecule has 4 heterocycles. The van der Waals surface area contributed by atoms with Crippen LogP contribution in [-0.4, -0.2) is 76.5 Å². The Morgan fingerprint density at radius 3 is 2.84 bits per heavy atom. The maximum absolute atomic E-state index is 15.8. The molecule has 3 atom stereocenters. The van der Waals surface area contributed by atoms with Crippen molar-refractivity contribution in [2.75, 3.05) is 38.6 Å². The highest BCUT2D eigenvalue weighted by molar-refractivity contribution is 6.36. The smallest absolute Gasteiger partial charge is 0.318 e. The Hall–Kier alpha value is -3.34. The van der Waals surface area contributed by atoms with E-state index >= 15 is 4.39 Å². The van der Waals surface area contributed by atoms with E-state index < -0.39 is 12.0 Å². The molecule has 0 aliphatic carbocycles. The number of pyridine rings is 1. The van der Waals surface area contributed by atoms with Gasteiger partial charge in [-0.2, -0.15) is 9.97 Å². The Morgan fingerprint density at radius 1 is 1.23 bits per heavy atom. The molecule has 2 aromatic carbocycles. The lowest BCUT2D eigenvalue weighted by atomic mass is 10.00. The summed E-state index contributed by atoms with van der Waals surface area (Å²) in [5, 5.41) is 19.0. The molecule has 0 saturated carbocycles. The van der Waals surface area contributed by atoms with Crippen molar-refractivity contribution in [2.24, 2.45) is 0 Å². The van der Waals surface area contributed by atoms with Gasteiger partial charge in [0.1, 0.15) is 28.9 Å². The maximum Gasteiger partial charge on any atom is 0.318 e. The number of hydrogen-bond acceptors (Lipinski definition) is 8. The molecule has 2 saturated heterocycles. The van der Waals surface area contributed by atoms with Crippen LogP contribution in [-0.2, 0) is 0 Å². The van der Waals surface area contributed by atoms with E-state index in [1.165, 1.54) is 32.2 Å². The van der Waals surface area contributed by atoms with Crippen LogP contribution in [0.25, 0.3) is 32.9 Å². The molecular weight excluding hydrogens is 574 g/mol. The first-order valence-corrected chi connectivity index (χ1v) is 15.3. The fraction of sp³-hybridized carbons (Fsp3) is 0.469. The Bertz CT molecular complexity index is 1560. The van der Waals surface area contributed by atoms with Gasteiger partial charge in [0.25, 0.3) is 0 Å². The average Bonchev–Trinajstić information content (AvgIpc) is 3.56. The second-order valence-electron chi connectivity index (χ2n) is 11.3. The summed E-state index contributed by atoms with van der Waals surface area (Å²) in [6, 6.07) is 9.37. The minimum atomic E-state index is -0.650. The fourth-order valence-corrected chi connectivity index (χ4v) is 6.35. The molecule has 2 aliphatic rings. The van der Waals surface area contributed by atoms with Gasteiger partial charge >= 0.3 is 6.01 Å². The maximum atomic E-state index is 15.8. The van der Waals surface area contributed by atoms with E-state index in [4.69, 9.17) is 16.3 Å². The lowest BCUT2D eigenvalue weighted by molar-refractivity contribution is 0.292. The van der Waals surface area contributed by atoms with Gasteiger partial charge < -0.3 is 20.5 Å². The minimum Gasteiger partial charge on any atom is -0.508 e. The standard InChI is InChI=1S/C25H27ClFN5O2.C7H12FN/c1-4-6-14(2)28-9-10-29-24-18-13-30-22(21(27)23(18)31-25(32-24)34-3)17-12-16(33)11-15-7-5-8-19(26)20(15)17;8-6-4-7-2-1-3-9(7)5-6/h5,7-8,11-14,28,33H,4,6,9-10H2,1-3H3,(H,29,31,32);6-7H,1-5H2. The summed E-state index contributed by atoms with van der Waals surface area (Å²) in [4.78, 5) is 15.3. The number of halogens is 3. The lowest BCUT2D eigenvalue weighted by Crippen LogP contribution is -2.30. The number of rotatable bonds is 9. The predicted molar refractivity (Wildman–Crippen MR) is 168 cm³/mol. The van der Waals surface area contributed by atoms with Crippen molar-refractivity contribution in [1.82, 2.24) is 25.2 Å². The Balaban J connectivity index is 0.000000345. The number of aromatic hydroxyl groups is 1. The molecule has 3 N–H and O–H groups in total. The van der Waals surface area contributed by atoms with E-state index in [1.807, 2.05) is 0 Å². The number of fused-ring (bicyclic) bond motifs is 3. The third kappa shape index (κ3) is 7.08. The summed E-state index contributed by atoms with van der Waals surface area (Å²) in [7, 11) is 1.43. The lowest BCUT2D eigenvalue weighted by Gasteiger charge is -2.15. The summed E-state index contributed by atoms with van der Waals surface area (Å²) in [5.41, 5.74) is 0.472. The molecule has 230 valence electrons. The first-order chi connectivity index (χ1) is 20.8. The number of aromatic nitrogens is 3. The number of nitrogens with zero attached hydrogens (tertiary/aromatic N) is 4. The molecule has 2 aromatic heterocycles. The van der Waals surface area contributed by atoms with Crippen LogP contribution >= 0.6 is 11.6 Å². The van der Waals surface area contributed by atoms with E-state index in [-0.39, 0.29) is 23.0 Å². The average molecular weight is 613 g/mol. The van der Waals surface area contributed by atoms with Crippen molar-refractivity contribution in [1.29, 1.82) is 0 Å². The topological polar surface area (TPSA) is 95.4 Å². The van der Waals surface area contributed by atoms with Crippen molar-refractivity contribution < 1.29 is 18.6 Å². The first-order valence-electron chi connectivity index (χ1n) is 15.0. The van der Waals surface area contributed by atoms with Gasteiger partial charge in [0, 0.05) is 53.9 Å². The molecule has 3 unspecified atom stereocenters. The van der Waals surface area contributed by atoms with E-state index in [2.05, 4.69) is 44.3 Å². The van der Waals surface area contributed by atoms with Crippen LogP contribution in [0.4, 0.5) is 14.6 Å². The van der Waals surface area contributed by atoms with Crippen molar-refractivity contribution >= 4 is 39.1 Å². The van der Waals surface area contributed by atoms with Crippen LogP contribution in [0.15, 0.2) is 36.5 Å². The molecule has 4 aromatic rings. The van der Waals surface area contributed by atoms with Gasteiger partial charge in [0.2, 0.25) is 0 Å². The van der Waals surface area contributed by atoms with Crippen LogP contribution in [0.3, 0.4) is 0 Å². The van der Waals surface area contributed by atoms with Crippen molar-refractivity contribution in [3.63, 3.8) is 0 Å². The highest BCUT2D eigenvalue weighted by Crippen LogP contribution is 2.39. The predicted octanol–water partition coefficient (Wildman–Crippen LogP) is 6.73. The number of methoxy groups -OCH3 is 1. The second kappa shape index (κ2) is 14.0. The largest absolute Gasteiger partial charge is 0.508 e. The number of anilines is 1. The molecule has 11 heteroatoms. The Kier molecular flexibility index (Phi) is 10.1. The van der Waals surface area contributed by atoms with Crippen LogP contribution in [0, 0.1) is 5.82 Å². The number of benzene rings is 2. The number of hydrogen-bond donors (Lipinski definition) is 3. The van der Waals surface area contributed by atoms with E-state index in [1.54, 1.807) is 24.3 Å². The summed E-state index contributed by atoms with van der Waals surface area (Å²) in [6.45, 7) is 7.45. The molecule has 6 rings (SSSR count). The zero-order chi connectivity index (χ0) is 30.5. The number of phenols is 1. The van der Waals surface area contributed by atoms with Crippen molar-refractivity contribution in [2.45, 2.75) is 64.2 Å². The van der Waals surface area contributed by atoms with E-state index in [9.17, 15) is 9.50 Å². The number of nitrogens with one attached hydrogen (secondary N) is 2. The number of alkyl halides is 1. The molecule has 0 spiro atoms. The quantitative estimate of drug-likeness (QED) is 0.179. The van der Waals surface area contributed by atoms with Crippen molar-refractivity contribution in [3.8, 4) is 23.0 Å². The van der Waals surface area contributed by atoms with Gasteiger partial charge in [-0.1, -0.05) is 37.1 Å². The molecule has 0 bridgehead atoms. The third-order valence-electron chi connectivity index (χ3n) is 8.10. The van der Waals surface area contributed by atoms with Gasteiger partial charge in [0.05, 0.1) is 12.5 Å². The number of ether oxygens (including phenoxy) is 1. The van der Waals surface area contributed by atoms with Gasteiger partial charge in [-0.25, -0.2) is 8.78 Å². The van der Waals surface area contributed by atoms with Crippen LogP contribution in [0.5, 0.6) is 11.8 Å². The van der Waals surface area contributed by atoms with Gasteiger partial charge in [-0.15, -0.1) is 0 Å². The van der Waals surface area contributed by atoms with E-state index in [0.29, 0.717) is 57.7 Å². The third-order valence-corrected chi connectivity index (χ3v) is 8.42. The summed E-state index contributed by atoms with van der Waals surface area (Å²) < 4.78 is 33.7. The van der Waals surface area contributed by atoms with E-state index in [0.717, 1.165) is 32.4 Å². The van der Waals surface area contributed by atoms with Gasteiger partial charge in [-0.05, 0) is 62.7 Å². The first kappa shape index (κ1) is 31.1. The van der Waals surface area contributed by atoms with Gasteiger partial charge in [0.15, 0.2) is 5.82 Å². The Labute approximate surface area is 255 Å². The summed E-state index contributed by atoms with van der Waals surface area (Å²) in [6.07, 6.45) is 6.54. The summed E-state index contributed by atoms with van der Waals surface area (Å²) >= 11 is 6.43. The molecule has 8 nitrogen and oxygen atoms in total. The molecule has 0 radical (unpaired) electrons.